The van der Waals surface area contributed by atoms with E-state index in [2.05, 4.69) is 104 Å². The molecular formula is C26H39BCl2SiSn2. The molecule has 3 rings (SSSR count). The molecule has 0 saturated heterocycles. The van der Waals surface area contributed by atoms with Crippen molar-refractivity contribution < 1.29 is 0 Å². The molecule has 0 radical (unpaired) electrons. The Morgan fingerprint density at radius 1 is 0.844 bits per heavy atom. The summed E-state index contributed by atoms with van der Waals surface area (Å²) >= 11 is 10.5. The Morgan fingerprint density at radius 3 is 1.75 bits per heavy atom. The van der Waals surface area contributed by atoms with E-state index in [1.54, 1.807) is 5.47 Å². The average molecular weight is 699 g/mol. The van der Waals surface area contributed by atoms with E-state index in [0.29, 0.717) is 12.6 Å². The van der Waals surface area contributed by atoms with Gasteiger partial charge in [0.25, 0.3) is 0 Å². The average Bonchev–Trinajstić information content (AvgIpc) is 3.07. The zero-order valence-electron chi connectivity index (χ0n) is 21.1. The van der Waals surface area contributed by atoms with Crippen LogP contribution < -0.4 is 5.19 Å². The molecule has 0 spiro atoms. The monoisotopic (exact) mass is 700 g/mol. The second-order valence-electron chi connectivity index (χ2n) is 11.4. The first-order valence-corrected chi connectivity index (χ1v) is 36.1. The van der Waals surface area contributed by atoms with Crippen LogP contribution in [0.5, 0.6) is 0 Å². The van der Waals surface area contributed by atoms with Crippen molar-refractivity contribution in [1.29, 1.82) is 0 Å². The molecule has 0 N–H and O–H groups in total. The van der Waals surface area contributed by atoms with Crippen LogP contribution in [-0.2, 0) is 0 Å². The van der Waals surface area contributed by atoms with Gasteiger partial charge >= 0.3 is 218 Å². The van der Waals surface area contributed by atoms with Gasteiger partial charge in [0.2, 0.25) is 0 Å². The summed E-state index contributed by atoms with van der Waals surface area (Å²) in [5.41, 5.74) is 3.18. The van der Waals surface area contributed by atoms with Gasteiger partial charge < -0.3 is 0 Å². The zero-order valence-corrected chi connectivity index (χ0v) is 29.3. The summed E-state index contributed by atoms with van der Waals surface area (Å²) < 4.78 is 1.80. The van der Waals surface area contributed by atoms with Crippen molar-refractivity contribution in [2.75, 3.05) is 0 Å². The molecule has 0 aromatic heterocycles. The van der Waals surface area contributed by atoms with Crippen LogP contribution in [0.1, 0.15) is 31.7 Å². The Morgan fingerprint density at radius 2 is 1.34 bits per heavy atom. The van der Waals surface area contributed by atoms with Crippen molar-refractivity contribution in [2.45, 2.75) is 65.1 Å². The van der Waals surface area contributed by atoms with Gasteiger partial charge in [0.05, 0.1) is 0 Å². The van der Waals surface area contributed by atoms with Crippen molar-refractivity contribution in [2.24, 2.45) is 0 Å². The zero-order chi connectivity index (χ0) is 23.9. The summed E-state index contributed by atoms with van der Waals surface area (Å²) in [4.78, 5) is 15.6. The molecule has 1 heterocycles. The molecule has 0 saturated carbocycles. The summed E-state index contributed by atoms with van der Waals surface area (Å²) in [5, 5.41) is 1.20. The van der Waals surface area contributed by atoms with Crippen LogP contribution in [0.15, 0.2) is 69.7 Å². The van der Waals surface area contributed by atoms with Crippen molar-refractivity contribution in [3.05, 3.63) is 75.3 Å². The van der Waals surface area contributed by atoms with Crippen LogP contribution in [0.2, 0.25) is 38.9 Å². The van der Waals surface area contributed by atoms with E-state index in [4.69, 9.17) is 22.2 Å². The second kappa shape index (κ2) is 9.95. The van der Waals surface area contributed by atoms with E-state index in [0.717, 1.165) is 12.7 Å². The SMILES string of the molecule is CCB1C(CC)=[C]([Sn]([CH3])([CH3])[CH3])[C@@H](c2ccccc2)[C@]1([Si](Cl)(Cl)c1ccccc1)[Sn]([CH3])([CH3])[CH3]. The van der Waals surface area contributed by atoms with E-state index in [9.17, 15) is 0 Å². The van der Waals surface area contributed by atoms with E-state index in [1.807, 2.05) is 3.59 Å². The Hall–Kier alpha value is 0.639. The maximum absolute atomic E-state index is 7.92. The third-order valence-corrected chi connectivity index (χ3v) is 39.8. The maximum atomic E-state index is 7.92. The van der Waals surface area contributed by atoms with Gasteiger partial charge in [0.15, 0.2) is 0 Å². The van der Waals surface area contributed by atoms with E-state index in [1.165, 1.54) is 10.8 Å². The first-order chi connectivity index (χ1) is 14.9. The Kier molecular flexibility index (Phi) is 8.47. The normalized spacial score (nSPS) is 22.6. The van der Waals surface area contributed by atoms with Crippen LogP contribution in [0, 0.1) is 0 Å². The van der Waals surface area contributed by atoms with Gasteiger partial charge in [-0.3, -0.25) is 0 Å². The molecule has 0 fully saturated rings. The van der Waals surface area contributed by atoms with Gasteiger partial charge in [-0.25, -0.2) is 0 Å². The molecule has 6 heteroatoms. The minimum atomic E-state index is -2.91. The van der Waals surface area contributed by atoms with Gasteiger partial charge in [-0.15, -0.1) is 0 Å². The molecule has 32 heavy (non-hydrogen) atoms. The summed E-state index contributed by atoms with van der Waals surface area (Å²) in [7, 11) is 0. The molecule has 1 aliphatic rings. The summed E-state index contributed by atoms with van der Waals surface area (Å²) in [6, 6.07) is 22.1. The van der Waals surface area contributed by atoms with Crippen LogP contribution >= 0.6 is 22.2 Å². The van der Waals surface area contributed by atoms with Gasteiger partial charge in [-0.2, -0.15) is 0 Å². The fourth-order valence-corrected chi connectivity index (χ4v) is 49.6. The van der Waals surface area contributed by atoms with Crippen molar-refractivity contribution in [3.8, 4) is 0 Å². The van der Waals surface area contributed by atoms with Crippen LogP contribution in [0.4, 0.5) is 0 Å². The Balaban J connectivity index is 2.51. The third-order valence-electron chi connectivity index (χ3n) is 7.69. The molecule has 0 amide bonds. The fraction of sp³-hybridized carbons (Fsp3) is 0.462. The molecule has 0 unspecified atom stereocenters. The summed E-state index contributed by atoms with van der Waals surface area (Å²) in [6.45, 7) is 2.34. The molecule has 2 aromatic carbocycles. The van der Waals surface area contributed by atoms with Crippen LogP contribution in [0.25, 0.3) is 0 Å². The quantitative estimate of drug-likeness (QED) is 0.201. The first-order valence-electron chi connectivity index (χ1n) is 12.1. The molecular weight excluding hydrogens is 660 g/mol. The summed E-state index contributed by atoms with van der Waals surface area (Å²) in [6.07, 6.45) is 2.26. The number of benzene rings is 2. The predicted octanol–water partition coefficient (Wildman–Crippen LogP) is 8.41. The van der Waals surface area contributed by atoms with Crippen LogP contribution in [0.3, 0.4) is 0 Å². The molecule has 0 nitrogen and oxygen atoms in total. The summed E-state index contributed by atoms with van der Waals surface area (Å²) in [5.74, 6) is 0.372. The van der Waals surface area contributed by atoms with Crippen molar-refractivity contribution in [1.82, 2.24) is 0 Å². The second-order valence-corrected chi connectivity index (χ2v) is 49.0. The van der Waals surface area contributed by atoms with Crippen LogP contribution in [-0.4, -0.2) is 50.2 Å². The molecule has 172 valence electrons. The van der Waals surface area contributed by atoms with E-state index >= 15 is 0 Å². The Bertz CT molecular complexity index is 965. The topological polar surface area (TPSA) is 0 Å². The first kappa shape index (κ1) is 27.2. The van der Waals surface area contributed by atoms with E-state index in [-0.39, 0.29) is 2.95 Å². The Labute approximate surface area is 215 Å². The van der Waals surface area contributed by atoms with Crippen molar-refractivity contribution in [3.63, 3.8) is 0 Å². The standard InChI is InChI=1S/C20H21BCl2Si.6CH3.2Sn/c1-3-17-15-19(16-11-7-5-8-12-16)20(21(17)4-2)24(22,23)18-13-9-6-10-14-18;;;;;;;;/h5-14,19H,3-4H2,1-2H3;6*1H3;;/t19-;;;;;;;;/m0......../s1. The third kappa shape index (κ3) is 4.35. The number of halogens is 2. The predicted molar refractivity (Wildman–Crippen MR) is 156 cm³/mol. The number of allylic oxidation sites excluding steroid dienone is 2. The van der Waals surface area contributed by atoms with Gasteiger partial charge in [0, 0.05) is 0 Å². The number of hydrogen-bond acceptors (Lipinski definition) is 0. The molecule has 0 aliphatic carbocycles. The van der Waals surface area contributed by atoms with Crippen molar-refractivity contribution >= 4 is 77.5 Å². The molecule has 2 aromatic rings. The minimum absolute atomic E-state index is 0.0207. The van der Waals surface area contributed by atoms with Gasteiger partial charge in [0.1, 0.15) is 0 Å². The molecule has 2 atom stereocenters. The fourth-order valence-electron chi connectivity index (χ4n) is 6.78. The molecule has 1 aliphatic heterocycles. The number of hydrogen-bond donors (Lipinski definition) is 0. The molecule has 0 bridgehead atoms. The number of rotatable bonds is 7. The van der Waals surface area contributed by atoms with Gasteiger partial charge in [-0.05, 0) is 0 Å². The van der Waals surface area contributed by atoms with Gasteiger partial charge in [-0.1, -0.05) is 0 Å². The van der Waals surface area contributed by atoms with E-state index < -0.39 is 43.4 Å².